The molecule has 0 saturated carbocycles. The Hall–Kier alpha value is -2.21. The number of hydrogen-bond acceptors (Lipinski definition) is 5. The van der Waals surface area contributed by atoms with E-state index in [4.69, 9.17) is 5.11 Å². The highest BCUT2D eigenvalue weighted by molar-refractivity contribution is 5.85. The molecule has 0 bridgehead atoms. The molecule has 1 aromatic carbocycles. The number of nitrogens with zero attached hydrogens (tertiary/aromatic N) is 1. The van der Waals surface area contributed by atoms with Crippen LogP contribution in [-0.2, 0) is 0 Å². The van der Waals surface area contributed by atoms with Gasteiger partial charge in [0.1, 0.15) is 0 Å². The summed E-state index contributed by atoms with van der Waals surface area (Å²) >= 11 is 0. The molecule has 0 aromatic heterocycles. The Kier molecular flexibility index (Phi) is 7.80. The Morgan fingerprint density at radius 3 is 2.28 bits per heavy atom. The van der Waals surface area contributed by atoms with Crippen molar-refractivity contribution in [3.63, 3.8) is 0 Å². The van der Waals surface area contributed by atoms with Crippen molar-refractivity contribution in [2.24, 2.45) is 0 Å². The van der Waals surface area contributed by atoms with Crippen LogP contribution in [0.4, 0.5) is 0 Å². The fourth-order valence-corrected chi connectivity index (χ4v) is 0.998. The second kappa shape index (κ2) is 8.89. The van der Waals surface area contributed by atoms with Gasteiger partial charge < -0.3 is 15.0 Å². The molecule has 0 amide bonds. The normalized spacial score (nSPS) is 10.2. The van der Waals surface area contributed by atoms with E-state index in [1.807, 2.05) is 0 Å². The van der Waals surface area contributed by atoms with Gasteiger partial charge in [0, 0.05) is 4.92 Å². The molecule has 0 fully saturated rings. The first-order chi connectivity index (χ1) is 8.47. The molecule has 1 rings (SSSR count). The standard InChI is InChI=1S/C7H6O2.C5H9NO3/c8-7(9)6-4-2-1-3-5-6;1-5(2-3-7)4-6(8)9/h1-5H,(H,8,9);2,7H,3-4H2,1H3/p-1. The Balaban J connectivity index is 0.000000321. The van der Waals surface area contributed by atoms with Gasteiger partial charge in [0.15, 0.2) is 0 Å². The number of hydrogen-bond donors (Lipinski definition) is 1. The summed E-state index contributed by atoms with van der Waals surface area (Å²) < 4.78 is 0. The molecular weight excluding hydrogens is 238 g/mol. The van der Waals surface area contributed by atoms with E-state index in [2.05, 4.69) is 0 Å². The fourth-order valence-electron chi connectivity index (χ4n) is 0.998. The van der Waals surface area contributed by atoms with Crippen molar-refractivity contribution in [3.05, 3.63) is 57.7 Å². The van der Waals surface area contributed by atoms with Crippen molar-refractivity contribution in [2.75, 3.05) is 13.2 Å². The van der Waals surface area contributed by atoms with Crippen LogP contribution in [-0.4, -0.2) is 29.2 Å². The summed E-state index contributed by atoms with van der Waals surface area (Å²) in [6.07, 6.45) is 1.42. The smallest absolute Gasteiger partial charge is 0.224 e. The maximum absolute atomic E-state index is 10.1. The van der Waals surface area contributed by atoms with Crippen LogP contribution in [0.3, 0.4) is 0 Å². The van der Waals surface area contributed by atoms with Crippen molar-refractivity contribution in [1.29, 1.82) is 0 Å². The number of carboxylic acid groups (broad SMARTS) is 1. The predicted octanol–water partition coefficient (Wildman–Crippen LogP) is 0.252. The third-order valence-electron chi connectivity index (χ3n) is 1.83. The van der Waals surface area contributed by atoms with E-state index in [1.165, 1.54) is 18.2 Å². The van der Waals surface area contributed by atoms with Gasteiger partial charge in [0.2, 0.25) is 6.54 Å². The summed E-state index contributed by atoms with van der Waals surface area (Å²) in [7, 11) is 0. The molecular formula is C12H14NO5-. The minimum atomic E-state index is -1.13. The highest BCUT2D eigenvalue weighted by Gasteiger charge is 1.96. The third-order valence-corrected chi connectivity index (χ3v) is 1.83. The molecule has 0 aliphatic heterocycles. The lowest BCUT2D eigenvalue weighted by atomic mass is 10.2. The van der Waals surface area contributed by atoms with Crippen LogP contribution < -0.4 is 5.11 Å². The quantitative estimate of drug-likeness (QED) is 0.470. The van der Waals surface area contributed by atoms with Gasteiger partial charge >= 0.3 is 0 Å². The van der Waals surface area contributed by atoms with Crippen LogP contribution in [0.2, 0.25) is 0 Å². The number of carboxylic acids is 1. The zero-order valence-electron chi connectivity index (χ0n) is 9.91. The first-order valence-electron chi connectivity index (χ1n) is 5.12. The van der Waals surface area contributed by atoms with Crippen molar-refractivity contribution in [1.82, 2.24) is 0 Å². The molecule has 0 heterocycles. The molecule has 1 aromatic rings. The van der Waals surface area contributed by atoms with Gasteiger partial charge in [-0.2, -0.15) is 0 Å². The van der Waals surface area contributed by atoms with Crippen LogP contribution in [0.5, 0.6) is 0 Å². The lowest BCUT2D eigenvalue weighted by Gasteiger charge is -1.97. The van der Waals surface area contributed by atoms with Crippen molar-refractivity contribution >= 4 is 5.97 Å². The van der Waals surface area contributed by atoms with Crippen molar-refractivity contribution < 1.29 is 19.9 Å². The molecule has 0 aliphatic rings. The van der Waals surface area contributed by atoms with Gasteiger partial charge in [0.25, 0.3) is 0 Å². The molecule has 6 nitrogen and oxygen atoms in total. The molecule has 0 saturated heterocycles. The summed E-state index contributed by atoms with van der Waals surface area (Å²) in [4.78, 5) is 19.4. The molecule has 0 atom stereocenters. The van der Waals surface area contributed by atoms with Crippen LogP contribution in [0.1, 0.15) is 17.3 Å². The molecule has 0 aliphatic carbocycles. The number of nitro groups is 1. The van der Waals surface area contributed by atoms with Crippen LogP contribution in [0.15, 0.2) is 42.0 Å². The van der Waals surface area contributed by atoms with Crippen molar-refractivity contribution in [2.45, 2.75) is 6.92 Å². The summed E-state index contributed by atoms with van der Waals surface area (Å²) in [6.45, 7) is 1.30. The van der Waals surface area contributed by atoms with E-state index in [9.17, 15) is 20.0 Å². The van der Waals surface area contributed by atoms with Gasteiger partial charge in [-0.05, 0) is 18.1 Å². The lowest BCUT2D eigenvalue weighted by molar-refractivity contribution is -0.470. The van der Waals surface area contributed by atoms with E-state index >= 15 is 0 Å². The number of aliphatic hydroxyl groups is 1. The molecule has 0 unspecified atom stereocenters. The zero-order chi connectivity index (χ0) is 14.0. The highest BCUT2D eigenvalue weighted by atomic mass is 16.6. The minimum Gasteiger partial charge on any atom is -0.545 e. The second-order valence-electron chi connectivity index (χ2n) is 3.38. The molecule has 0 spiro atoms. The Bertz CT molecular complexity index is 414. The first-order valence-corrected chi connectivity index (χ1v) is 5.12. The highest BCUT2D eigenvalue weighted by Crippen LogP contribution is 1.94. The van der Waals surface area contributed by atoms with Crippen LogP contribution in [0, 0.1) is 10.1 Å². The molecule has 6 heteroatoms. The molecule has 98 valence electrons. The minimum absolute atomic E-state index is 0.125. The number of aliphatic hydroxyl groups excluding tert-OH is 1. The fraction of sp³-hybridized carbons (Fsp3) is 0.250. The molecule has 0 radical (unpaired) electrons. The van der Waals surface area contributed by atoms with Crippen LogP contribution in [0.25, 0.3) is 0 Å². The van der Waals surface area contributed by atoms with Gasteiger partial charge in [0.05, 0.1) is 12.6 Å². The average molecular weight is 252 g/mol. The number of carbonyl (C=O) groups excluding carboxylic acids is 1. The summed E-state index contributed by atoms with van der Waals surface area (Å²) in [5.74, 6) is -1.13. The Morgan fingerprint density at radius 2 is 1.94 bits per heavy atom. The number of carbonyl (C=O) groups is 1. The third kappa shape index (κ3) is 8.00. The van der Waals surface area contributed by atoms with E-state index in [0.717, 1.165) is 0 Å². The average Bonchev–Trinajstić information content (AvgIpc) is 2.30. The van der Waals surface area contributed by atoms with Crippen molar-refractivity contribution in [3.8, 4) is 0 Å². The number of benzene rings is 1. The van der Waals surface area contributed by atoms with Gasteiger partial charge in [-0.3, -0.25) is 10.1 Å². The van der Waals surface area contributed by atoms with Crippen LogP contribution >= 0.6 is 0 Å². The second-order valence-corrected chi connectivity index (χ2v) is 3.38. The zero-order valence-corrected chi connectivity index (χ0v) is 9.91. The monoisotopic (exact) mass is 252 g/mol. The van der Waals surface area contributed by atoms with E-state index < -0.39 is 10.9 Å². The molecule has 18 heavy (non-hydrogen) atoms. The Labute approximate surface area is 104 Å². The maximum atomic E-state index is 10.1. The largest absolute Gasteiger partial charge is 0.545 e. The maximum Gasteiger partial charge on any atom is 0.224 e. The van der Waals surface area contributed by atoms with Gasteiger partial charge in [-0.1, -0.05) is 36.4 Å². The summed E-state index contributed by atoms with van der Waals surface area (Å²) in [5, 5.41) is 28.1. The van der Waals surface area contributed by atoms with E-state index in [0.29, 0.717) is 5.57 Å². The first kappa shape index (κ1) is 15.8. The number of rotatable bonds is 4. The number of aromatic carboxylic acids is 1. The topological polar surface area (TPSA) is 104 Å². The van der Waals surface area contributed by atoms with Gasteiger partial charge in [-0.15, -0.1) is 0 Å². The van der Waals surface area contributed by atoms with Gasteiger partial charge in [-0.25, -0.2) is 0 Å². The van der Waals surface area contributed by atoms with E-state index in [-0.39, 0.29) is 18.7 Å². The predicted molar refractivity (Wildman–Crippen MR) is 63.5 cm³/mol. The van der Waals surface area contributed by atoms with E-state index in [1.54, 1.807) is 25.1 Å². The molecule has 1 N–H and O–H groups in total. The summed E-state index contributed by atoms with van der Waals surface area (Å²) in [6, 6.07) is 8.06. The summed E-state index contributed by atoms with van der Waals surface area (Å²) in [5.41, 5.74) is 0.806. The SMILES string of the molecule is CC(=CCO)C[N+](=O)[O-].O=C([O-])c1ccccc1. The Morgan fingerprint density at radius 1 is 1.39 bits per heavy atom. The lowest BCUT2D eigenvalue weighted by Crippen LogP contribution is -2.21.